The molecule has 4 unspecified atom stereocenters. The van der Waals surface area contributed by atoms with E-state index in [0.29, 0.717) is 19.3 Å². The van der Waals surface area contributed by atoms with E-state index in [1.807, 2.05) is 0 Å². The average molecular weight is 872 g/mol. The van der Waals surface area contributed by atoms with Crippen LogP contribution in [0, 0.1) is 0 Å². The first kappa shape index (κ1) is 60.3. The first-order valence-corrected chi connectivity index (χ1v) is 27.0. The van der Waals surface area contributed by atoms with Crippen molar-refractivity contribution < 1.29 is 25.2 Å². The third kappa shape index (κ3) is 43.5. The van der Waals surface area contributed by atoms with Gasteiger partial charge in [0.25, 0.3) is 0 Å². The van der Waals surface area contributed by atoms with Gasteiger partial charge in [0.05, 0.1) is 18.8 Å². The van der Waals surface area contributed by atoms with Gasteiger partial charge in [-0.05, 0) is 77.0 Å². The number of allylic oxidation sites excluding steroid dienone is 8. The SMILES string of the molecule is CC/C=C\C/C=C\CCCCCCCCCCCCCCCC(O)C(=O)NC(CO)C(O)C(O)CCC/C=C/CC/C=C/CCCCCCCCCCCCCCCCCCC. The highest BCUT2D eigenvalue weighted by atomic mass is 16.3. The Kier molecular flexibility index (Phi) is 48.9. The molecule has 0 saturated heterocycles. The molecular formula is C56H105NO5. The second-order valence-corrected chi connectivity index (χ2v) is 18.5. The number of hydrogen-bond donors (Lipinski definition) is 5. The van der Waals surface area contributed by atoms with Gasteiger partial charge in [0.15, 0.2) is 0 Å². The number of amides is 1. The van der Waals surface area contributed by atoms with E-state index in [2.05, 4.69) is 67.8 Å². The van der Waals surface area contributed by atoms with Crippen LogP contribution in [0.1, 0.15) is 271 Å². The molecule has 0 radical (unpaired) electrons. The van der Waals surface area contributed by atoms with Gasteiger partial charge >= 0.3 is 0 Å². The summed E-state index contributed by atoms with van der Waals surface area (Å²) in [5.74, 6) is -0.597. The molecule has 0 heterocycles. The van der Waals surface area contributed by atoms with Crippen LogP contribution in [0.5, 0.6) is 0 Å². The summed E-state index contributed by atoms with van der Waals surface area (Å²) >= 11 is 0. The Hall–Kier alpha value is -1.73. The number of carbonyl (C=O) groups is 1. The van der Waals surface area contributed by atoms with Crippen molar-refractivity contribution >= 4 is 5.91 Å². The maximum absolute atomic E-state index is 12.6. The van der Waals surface area contributed by atoms with Gasteiger partial charge in [-0.1, -0.05) is 242 Å². The highest BCUT2D eigenvalue weighted by molar-refractivity contribution is 5.80. The molecule has 0 aromatic rings. The second-order valence-electron chi connectivity index (χ2n) is 18.5. The highest BCUT2D eigenvalue weighted by Crippen LogP contribution is 2.17. The van der Waals surface area contributed by atoms with Crippen molar-refractivity contribution in [3.63, 3.8) is 0 Å². The Morgan fingerprint density at radius 3 is 1.19 bits per heavy atom. The van der Waals surface area contributed by atoms with E-state index in [9.17, 15) is 25.2 Å². The van der Waals surface area contributed by atoms with E-state index in [1.165, 1.54) is 186 Å². The van der Waals surface area contributed by atoms with Crippen LogP contribution < -0.4 is 5.32 Å². The van der Waals surface area contributed by atoms with Crippen LogP contribution >= 0.6 is 0 Å². The fourth-order valence-electron chi connectivity index (χ4n) is 8.28. The van der Waals surface area contributed by atoms with Crippen LogP contribution in [0.3, 0.4) is 0 Å². The number of aliphatic hydroxyl groups is 4. The lowest BCUT2D eigenvalue weighted by molar-refractivity contribution is -0.132. The molecule has 0 aromatic carbocycles. The second kappa shape index (κ2) is 50.3. The van der Waals surface area contributed by atoms with Gasteiger partial charge < -0.3 is 25.7 Å². The van der Waals surface area contributed by atoms with Gasteiger partial charge in [-0.25, -0.2) is 0 Å². The molecule has 0 aliphatic heterocycles. The molecule has 0 spiro atoms. The average Bonchev–Trinajstić information content (AvgIpc) is 3.28. The fraction of sp³-hybridized carbons (Fsp3) is 0.839. The Morgan fingerprint density at radius 1 is 0.419 bits per heavy atom. The summed E-state index contributed by atoms with van der Waals surface area (Å²) in [4.78, 5) is 12.6. The minimum Gasteiger partial charge on any atom is -0.394 e. The molecule has 0 fully saturated rings. The molecule has 4 atom stereocenters. The smallest absolute Gasteiger partial charge is 0.249 e. The van der Waals surface area contributed by atoms with Crippen molar-refractivity contribution in [2.75, 3.05) is 6.61 Å². The van der Waals surface area contributed by atoms with Gasteiger partial charge in [0, 0.05) is 0 Å². The molecule has 0 aromatic heterocycles. The topological polar surface area (TPSA) is 110 Å². The van der Waals surface area contributed by atoms with Gasteiger partial charge in [0.1, 0.15) is 12.2 Å². The van der Waals surface area contributed by atoms with Crippen LogP contribution in [0.25, 0.3) is 0 Å². The van der Waals surface area contributed by atoms with E-state index in [4.69, 9.17) is 0 Å². The zero-order valence-electron chi connectivity index (χ0n) is 41.1. The van der Waals surface area contributed by atoms with E-state index < -0.39 is 36.9 Å². The number of aliphatic hydroxyl groups excluding tert-OH is 4. The Balaban J connectivity index is 3.70. The number of unbranched alkanes of at least 4 members (excludes halogenated alkanes) is 32. The molecule has 0 saturated carbocycles. The van der Waals surface area contributed by atoms with Crippen molar-refractivity contribution in [2.24, 2.45) is 0 Å². The molecule has 0 aliphatic rings. The zero-order valence-corrected chi connectivity index (χ0v) is 41.1. The minimum atomic E-state index is -1.29. The van der Waals surface area contributed by atoms with Gasteiger partial charge in [-0.2, -0.15) is 0 Å². The number of hydrogen-bond acceptors (Lipinski definition) is 5. The largest absolute Gasteiger partial charge is 0.394 e. The molecule has 6 heteroatoms. The number of carbonyl (C=O) groups excluding carboxylic acids is 1. The summed E-state index contributed by atoms with van der Waals surface area (Å²) in [6.07, 6.45) is 63.2. The Labute approximate surface area is 385 Å². The third-order valence-corrected chi connectivity index (χ3v) is 12.5. The van der Waals surface area contributed by atoms with E-state index >= 15 is 0 Å². The lowest BCUT2D eigenvalue weighted by Gasteiger charge is -2.27. The predicted molar refractivity (Wildman–Crippen MR) is 270 cm³/mol. The molecule has 0 aliphatic carbocycles. The third-order valence-electron chi connectivity index (χ3n) is 12.5. The van der Waals surface area contributed by atoms with Crippen LogP contribution in [0.4, 0.5) is 0 Å². The predicted octanol–water partition coefficient (Wildman–Crippen LogP) is 15.4. The standard InChI is InChI=1S/C56H105NO5/c1-3-5-7-9-11-13-15-17-19-21-23-25-26-27-28-29-30-32-33-35-37-39-41-43-45-47-49-53(59)55(61)52(51-58)57-56(62)54(60)50-48-46-44-42-40-38-36-34-31-24-22-20-18-16-14-12-10-8-6-4-2/h6,8,12,14,33,35,41,43,52-55,58-61H,3-5,7,9-11,13,15-32,34,36-40,42,44-51H2,1-2H3,(H,57,62)/b8-6-,14-12-,35-33+,43-41+. The van der Waals surface area contributed by atoms with Gasteiger partial charge in [-0.3, -0.25) is 4.79 Å². The number of rotatable bonds is 49. The van der Waals surface area contributed by atoms with Gasteiger partial charge in [-0.15, -0.1) is 0 Å². The van der Waals surface area contributed by atoms with Crippen molar-refractivity contribution in [3.05, 3.63) is 48.6 Å². The Bertz CT molecular complexity index is 1020. The maximum atomic E-state index is 12.6. The summed E-state index contributed by atoms with van der Waals surface area (Å²) in [6.45, 7) is 3.96. The van der Waals surface area contributed by atoms with E-state index in [1.54, 1.807) is 0 Å². The zero-order chi connectivity index (χ0) is 45.2. The van der Waals surface area contributed by atoms with Crippen LogP contribution in [0.2, 0.25) is 0 Å². The summed E-state index contributed by atoms with van der Waals surface area (Å²) < 4.78 is 0. The van der Waals surface area contributed by atoms with Crippen LogP contribution in [-0.4, -0.2) is 57.3 Å². The molecular weight excluding hydrogens is 767 g/mol. The maximum Gasteiger partial charge on any atom is 0.249 e. The van der Waals surface area contributed by atoms with Crippen molar-refractivity contribution in [1.82, 2.24) is 5.32 Å². The van der Waals surface area contributed by atoms with Crippen LogP contribution in [0.15, 0.2) is 48.6 Å². The lowest BCUT2D eigenvalue weighted by Crippen LogP contribution is -2.53. The molecule has 5 N–H and O–H groups in total. The van der Waals surface area contributed by atoms with E-state index in [-0.39, 0.29) is 0 Å². The first-order valence-electron chi connectivity index (χ1n) is 27.0. The summed E-state index contributed by atoms with van der Waals surface area (Å²) in [5.41, 5.74) is 0. The number of nitrogens with one attached hydrogen (secondary N) is 1. The molecule has 62 heavy (non-hydrogen) atoms. The highest BCUT2D eigenvalue weighted by Gasteiger charge is 2.28. The molecule has 6 nitrogen and oxygen atoms in total. The van der Waals surface area contributed by atoms with Crippen molar-refractivity contribution in [1.29, 1.82) is 0 Å². The summed E-state index contributed by atoms with van der Waals surface area (Å²) in [5, 5.41) is 43.9. The fourth-order valence-corrected chi connectivity index (χ4v) is 8.28. The van der Waals surface area contributed by atoms with Gasteiger partial charge in [0.2, 0.25) is 5.91 Å². The Morgan fingerprint density at radius 2 is 0.774 bits per heavy atom. The first-order chi connectivity index (χ1) is 30.5. The molecule has 0 bridgehead atoms. The lowest BCUT2D eigenvalue weighted by atomic mass is 10.00. The molecule has 364 valence electrons. The minimum absolute atomic E-state index is 0.358. The molecule has 1 amide bonds. The van der Waals surface area contributed by atoms with Crippen LogP contribution in [-0.2, 0) is 4.79 Å². The van der Waals surface area contributed by atoms with E-state index in [0.717, 1.165) is 51.4 Å². The van der Waals surface area contributed by atoms with Crippen molar-refractivity contribution in [2.45, 2.75) is 295 Å². The quantitative estimate of drug-likeness (QED) is 0.0309. The monoisotopic (exact) mass is 872 g/mol. The molecule has 0 rings (SSSR count). The van der Waals surface area contributed by atoms with Crippen molar-refractivity contribution in [3.8, 4) is 0 Å². The summed E-state index contributed by atoms with van der Waals surface area (Å²) in [6, 6.07) is -1.01. The normalized spacial score (nSPS) is 14.2. The summed E-state index contributed by atoms with van der Waals surface area (Å²) in [7, 11) is 0.